The normalized spacial score (nSPS) is 10.5. The Labute approximate surface area is 136 Å². The van der Waals surface area contributed by atoms with E-state index in [-0.39, 0.29) is 51.0 Å². The Bertz CT molecular complexity index is 438. The third-order valence-corrected chi connectivity index (χ3v) is 1.98. The number of carbonyl (C=O) groups excluding carboxylic acids is 2. The van der Waals surface area contributed by atoms with Gasteiger partial charge >= 0.3 is 27.7 Å². The summed E-state index contributed by atoms with van der Waals surface area (Å²) in [4.78, 5) is 22.0. The van der Waals surface area contributed by atoms with E-state index in [0.717, 1.165) is 0 Å². The van der Waals surface area contributed by atoms with Gasteiger partial charge in [-0.3, -0.25) is 4.79 Å². The molecule has 0 radical (unpaired) electrons. The van der Waals surface area contributed by atoms with Gasteiger partial charge in [-0.2, -0.15) is 0 Å². The molecule has 0 saturated heterocycles. The molecule has 0 aliphatic carbocycles. The van der Waals surface area contributed by atoms with Crippen molar-refractivity contribution in [1.82, 2.24) is 5.32 Å². The number of carboxylic acid groups (broad SMARTS) is 1. The molecule has 1 amide bonds. The van der Waals surface area contributed by atoms with Gasteiger partial charge in [0.2, 0.25) is 0 Å². The van der Waals surface area contributed by atoms with Gasteiger partial charge in [0.1, 0.15) is 12.4 Å². The summed E-state index contributed by atoms with van der Waals surface area (Å²) in [6.45, 7) is 2.67. The van der Waals surface area contributed by atoms with Gasteiger partial charge in [0, 0.05) is 6.54 Å². The molecule has 1 unspecified atom stereocenters. The maximum atomic E-state index is 11.7. The molecule has 0 bridgehead atoms. The number of aliphatic hydroxyl groups excluding tert-OH is 1. The van der Waals surface area contributed by atoms with Gasteiger partial charge < -0.3 is 37.5 Å². The molecule has 1 aromatic rings. The molecule has 20 heavy (non-hydrogen) atoms. The van der Waals surface area contributed by atoms with Crippen molar-refractivity contribution < 1.29 is 57.7 Å². The average molecular weight is 470 g/mol. The van der Waals surface area contributed by atoms with E-state index in [1.807, 2.05) is 0 Å². The zero-order chi connectivity index (χ0) is 13.5. The number of para-hydroxylation sites is 1. The second kappa shape index (κ2) is 10.6. The fourth-order valence-electron chi connectivity index (χ4n) is 1.22. The molecule has 4 N–H and O–H groups in total. The number of nitrogens with one attached hydrogen (secondary N) is 1. The summed E-state index contributed by atoms with van der Waals surface area (Å²) in [5.74, 6) is -1.72. The first-order chi connectivity index (χ1) is 8.50. The minimum absolute atomic E-state index is 0. The molecule has 0 aliphatic rings. The standard InChI is InChI=1S/C12H14NO5.Hg.H2O/c1-8(14)6-13-12(17)9-4-2-3-5-10(9)18-7-11(15)16;;/h2-5,8,14H,1,6-7H2,(H,13,17)(H,15,16);;1H2/q-1;+2;/p-1. The number of aliphatic carboxylic acids is 1. The van der Waals surface area contributed by atoms with E-state index in [2.05, 4.69) is 12.2 Å². The van der Waals surface area contributed by atoms with Crippen LogP contribution in [0.1, 0.15) is 10.4 Å². The molecule has 0 saturated carbocycles. The number of hydrogen-bond donors (Lipinski definition) is 2. The van der Waals surface area contributed by atoms with Crippen molar-refractivity contribution in [3.63, 3.8) is 0 Å². The molecule has 0 heterocycles. The number of ether oxygens (including phenoxy) is 1. The Morgan fingerprint density at radius 1 is 1.40 bits per heavy atom. The first kappa shape index (κ1) is 21.1. The van der Waals surface area contributed by atoms with Crippen LogP contribution in [0.2, 0.25) is 0 Å². The Morgan fingerprint density at radius 3 is 2.55 bits per heavy atom. The van der Waals surface area contributed by atoms with Gasteiger partial charge in [-0.1, -0.05) is 18.2 Å². The van der Waals surface area contributed by atoms with Crippen LogP contribution in [0.3, 0.4) is 0 Å². The van der Waals surface area contributed by atoms with Crippen LogP contribution < -0.4 is 15.2 Å². The average Bonchev–Trinajstić information content (AvgIpc) is 2.33. The van der Waals surface area contributed by atoms with E-state index in [1.54, 1.807) is 12.1 Å². The van der Waals surface area contributed by atoms with Gasteiger partial charge in [-0.05, 0) is 12.1 Å². The Hall–Kier alpha value is -1.18. The summed E-state index contributed by atoms with van der Waals surface area (Å²) >= 11 is 0. The molecule has 0 spiro atoms. The van der Waals surface area contributed by atoms with E-state index in [9.17, 15) is 14.7 Å². The van der Waals surface area contributed by atoms with E-state index < -0.39 is 24.6 Å². The Morgan fingerprint density at radius 2 is 2.00 bits per heavy atom. The molecule has 8 heteroatoms. The van der Waals surface area contributed by atoms with Crippen LogP contribution in [0, 0.1) is 6.92 Å². The number of benzene rings is 1. The smallest absolute Gasteiger partial charge is 0.546 e. The summed E-state index contributed by atoms with van der Waals surface area (Å²) in [5, 5.41) is 21.7. The minimum atomic E-state index is -1.38. The quantitative estimate of drug-likeness (QED) is 0.364. The van der Waals surface area contributed by atoms with E-state index >= 15 is 0 Å². The molecule has 106 valence electrons. The van der Waals surface area contributed by atoms with Crippen LogP contribution in [0.15, 0.2) is 24.3 Å². The zero-order valence-corrected chi connectivity index (χ0v) is 16.3. The molecular weight excluding hydrogens is 455 g/mol. The van der Waals surface area contributed by atoms with Gasteiger partial charge in [0.05, 0.1) is 11.5 Å². The predicted octanol–water partition coefficient (Wildman–Crippen LogP) is -2.09. The van der Waals surface area contributed by atoms with Crippen molar-refractivity contribution in [2.24, 2.45) is 0 Å². The summed E-state index contributed by atoms with van der Waals surface area (Å²) in [6.07, 6.45) is -0.912. The second-order valence-electron chi connectivity index (χ2n) is 3.52. The number of aliphatic hydroxyl groups is 1. The summed E-state index contributed by atoms with van der Waals surface area (Å²) < 4.78 is 4.93. The predicted molar refractivity (Wildman–Crippen MR) is 64.3 cm³/mol. The molecule has 0 aliphatic heterocycles. The summed E-state index contributed by atoms with van der Waals surface area (Å²) in [5.41, 5.74) is 0.180. The summed E-state index contributed by atoms with van der Waals surface area (Å²) in [6, 6.07) is 6.17. The van der Waals surface area contributed by atoms with Crippen LogP contribution in [0.4, 0.5) is 0 Å². The maximum absolute atomic E-state index is 11.7. The zero-order valence-electron chi connectivity index (χ0n) is 10.8. The molecule has 0 fully saturated rings. The van der Waals surface area contributed by atoms with Gasteiger partial charge in [0.15, 0.2) is 0 Å². The van der Waals surface area contributed by atoms with Crippen molar-refractivity contribution in [2.45, 2.75) is 6.10 Å². The molecule has 7 nitrogen and oxygen atoms in total. The number of hydrogen-bond acceptors (Lipinski definition) is 5. The van der Waals surface area contributed by atoms with Crippen molar-refractivity contribution in [3.8, 4) is 5.75 Å². The first-order valence-corrected chi connectivity index (χ1v) is 5.21. The largest absolute Gasteiger partial charge is 2.00 e. The molecular formula is C12H15HgNO6. The van der Waals surface area contributed by atoms with E-state index in [0.29, 0.717) is 0 Å². The van der Waals surface area contributed by atoms with Crippen LogP contribution in [-0.4, -0.2) is 41.7 Å². The number of amides is 1. The molecule has 0 aromatic heterocycles. The van der Waals surface area contributed by atoms with Crippen LogP contribution in [0.5, 0.6) is 5.75 Å². The maximum Gasteiger partial charge on any atom is 2.00 e. The van der Waals surface area contributed by atoms with Crippen LogP contribution >= 0.6 is 0 Å². The molecule has 1 atom stereocenters. The fourth-order valence-corrected chi connectivity index (χ4v) is 1.22. The van der Waals surface area contributed by atoms with Crippen molar-refractivity contribution in [3.05, 3.63) is 36.8 Å². The minimum Gasteiger partial charge on any atom is -0.546 e. The third kappa shape index (κ3) is 7.42. The van der Waals surface area contributed by atoms with Crippen LogP contribution in [0.25, 0.3) is 0 Å². The molecule has 1 aromatic carbocycles. The van der Waals surface area contributed by atoms with Crippen molar-refractivity contribution in [2.75, 3.05) is 13.2 Å². The van der Waals surface area contributed by atoms with Crippen LogP contribution in [-0.2, 0) is 32.5 Å². The SMILES string of the molecule is O.[CH2-]C(O)CNC(=O)c1ccccc1OCC(=O)[O-].[Hg+2]. The van der Waals surface area contributed by atoms with E-state index in [4.69, 9.17) is 9.84 Å². The van der Waals surface area contributed by atoms with Gasteiger partial charge in [0.25, 0.3) is 5.91 Å². The fraction of sp³-hybridized carbons (Fsp3) is 0.250. The van der Waals surface area contributed by atoms with Crippen molar-refractivity contribution >= 4 is 11.9 Å². The monoisotopic (exact) mass is 471 g/mol. The second-order valence-corrected chi connectivity index (χ2v) is 3.52. The topological polar surface area (TPSA) is 130 Å². The van der Waals surface area contributed by atoms with Gasteiger partial charge in [-0.15, -0.1) is 0 Å². The summed E-state index contributed by atoms with van der Waals surface area (Å²) in [7, 11) is 0. The number of carbonyl (C=O) groups is 2. The number of rotatable bonds is 6. The third-order valence-electron chi connectivity index (χ3n) is 1.98. The van der Waals surface area contributed by atoms with Crippen molar-refractivity contribution in [1.29, 1.82) is 0 Å². The number of carboxylic acids is 1. The first-order valence-electron chi connectivity index (χ1n) is 5.21. The Kier molecular flexibility index (Phi) is 11.2. The van der Waals surface area contributed by atoms with E-state index in [1.165, 1.54) is 12.1 Å². The molecule has 1 rings (SSSR count). The van der Waals surface area contributed by atoms with Gasteiger partial charge in [-0.25, -0.2) is 0 Å². The Balaban J connectivity index is 0.